The summed E-state index contributed by atoms with van der Waals surface area (Å²) in [7, 11) is -2.45. The van der Waals surface area contributed by atoms with Crippen molar-refractivity contribution >= 4 is 42.4 Å². The standard InChI is InChI=1S/C22H18FN3O4S2/c1-30-16-5-7-17(8-6-16)32(28,29)14-20(27)26(13-15-9-11-24-12-10-15)22-25-21-18(23)3-2-4-19(21)31-22/h2-12H,13-14H2,1H3. The van der Waals surface area contributed by atoms with E-state index in [-0.39, 0.29) is 22.1 Å². The van der Waals surface area contributed by atoms with Crippen molar-refractivity contribution in [2.75, 3.05) is 17.8 Å². The molecule has 10 heteroatoms. The minimum absolute atomic E-state index is 0.00542. The van der Waals surface area contributed by atoms with E-state index >= 15 is 0 Å². The summed E-state index contributed by atoms with van der Waals surface area (Å²) in [6.45, 7) is 0.0704. The number of nitrogens with zero attached hydrogens (tertiary/aromatic N) is 3. The van der Waals surface area contributed by atoms with Gasteiger partial charge in [0, 0.05) is 12.4 Å². The maximum atomic E-state index is 14.2. The Morgan fingerprint density at radius 3 is 2.47 bits per heavy atom. The number of sulfone groups is 1. The van der Waals surface area contributed by atoms with Gasteiger partial charge in [-0.25, -0.2) is 17.8 Å². The number of anilines is 1. The average molecular weight is 472 g/mol. The van der Waals surface area contributed by atoms with Crippen molar-refractivity contribution in [1.82, 2.24) is 9.97 Å². The number of thiazole rings is 1. The second-order valence-corrected chi connectivity index (χ2v) is 9.85. The van der Waals surface area contributed by atoms with Crippen LogP contribution >= 0.6 is 11.3 Å². The molecule has 2 heterocycles. The fourth-order valence-electron chi connectivity index (χ4n) is 3.06. The van der Waals surface area contributed by atoms with E-state index in [4.69, 9.17) is 4.74 Å². The van der Waals surface area contributed by atoms with Crippen LogP contribution in [0, 0.1) is 5.82 Å². The molecular weight excluding hydrogens is 453 g/mol. The van der Waals surface area contributed by atoms with Crippen molar-refractivity contribution in [2.45, 2.75) is 11.4 Å². The number of benzene rings is 2. The van der Waals surface area contributed by atoms with Crippen molar-refractivity contribution in [3.63, 3.8) is 0 Å². The number of carbonyl (C=O) groups excluding carboxylic acids is 1. The van der Waals surface area contributed by atoms with Crippen LogP contribution in [-0.4, -0.2) is 37.2 Å². The van der Waals surface area contributed by atoms with Crippen molar-refractivity contribution in [1.29, 1.82) is 0 Å². The van der Waals surface area contributed by atoms with E-state index in [0.717, 1.165) is 16.9 Å². The van der Waals surface area contributed by atoms with Gasteiger partial charge in [0.2, 0.25) is 5.91 Å². The lowest BCUT2D eigenvalue weighted by Crippen LogP contribution is -2.35. The number of amides is 1. The molecule has 2 aromatic carbocycles. The molecule has 32 heavy (non-hydrogen) atoms. The van der Waals surface area contributed by atoms with Crippen molar-refractivity contribution < 1.29 is 22.3 Å². The summed E-state index contributed by atoms with van der Waals surface area (Å²) < 4.78 is 45.5. The Hall–Kier alpha value is -3.37. The number of fused-ring (bicyclic) bond motifs is 1. The lowest BCUT2D eigenvalue weighted by atomic mass is 10.2. The fraction of sp³-hybridized carbons (Fsp3) is 0.136. The van der Waals surface area contributed by atoms with Gasteiger partial charge in [-0.05, 0) is 54.1 Å². The van der Waals surface area contributed by atoms with Gasteiger partial charge >= 0.3 is 0 Å². The molecule has 7 nitrogen and oxygen atoms in total. The van der Waals surface area contributed by atoms with Gasteiger partial charge in [0.05, 0.1) is 23.2 Å². The van der Waals surface area contributed by atoms with Gasteiger partial charge in [-0.3, -0.25) is 14.7 Å². The first kappa shape index (κ1) is 21.8. The van der Waals surface area contributed by atoms with Crippen LogP contribution in [0.5, 0.6) is 5.75 Å². The van der Waals surface area contributed by atoms with Crippen LogP contribution in [0.15, 0.2) is 71.9 Å². The number of rotatable bonds is 7. The Bertz CT molecular complexity index is 1360. The Morgan fingerprint density at radius 1 is 1.09 bits per heavy atom. The smallest absolute Gasteiger partial charge is 0.244 e. The Kier molecular flexibility index (Phi) is 6.15. The first-order valence-electron chi connectivity index (χ1n) is 9.48. The predicted octanol–water partition coefficient (Wildman–Crippen LogP) is 3.85. The van der Waals surface area contributed by atoms with Gasteiger partial charge in [-0.15, -0.1) is 0 Å². The molecule has 1 amide bonds. The van der Waals surface area contributed by atoms with Crippen LogP contribution in [0.2, 0.25) is 0 Å². The summed E-state index contributed by atoms with van der Waals surface area (Å²) in [6, 6.07) is 13.8. The van der Waals surface area contributed by atoms with Gasteiger partial charge in [0.15, 0.2) is 15.0 Å². The monoisotopic (exact) mass is 471 g/mol. The van der Waals surface area contributed by atoms with E-state index in [9.17, 15) is 17.6 Å². The van der Waals surface area contributed by atoms with E-state index in [2.05, 4.69) is 9.97 Å². The Morgan fingerprint density at radius 2 is 1.81 bits per heavy atom. The Labute approximate surface area is 188 Å². The number of methoxy groups -OCH3 is 1. The molecule has 164 valence electrons. The molecule has 0 aliphatic heterocycles. The highest BCUT2D eigenvalue weighted by atomic mass is 32.2. The number of hydrogen-bond donors (Lipinski definition) is 0. The molecule has 2 aromatic heterocycles. The molecule has 0 aliphatic carbocycles. The van der Waals surface area contributed by atoms with Crippen LogP contribution in [-0.2, 0) is 21.2 Å². The van der Waals surface area contributed by atoms with Gasteiger partial charge in [0.1, 0.15) is 22.8 Å². The van der Waals surface area contributed by atoms with E-state index < -0.39 is 27.3 Å². The third-order valence-electron chi connectivity index (χ3n) is 4.71. The summed E-state index contributed by atoms with van der Waals surface area (Å²) in [6.07, 6.45) is 3.15. The van der Waals surface area contributed by atoms with Gasteiger partial charge in [0.25, 0.3) is 0 Å². The third-order valence-corrected chi connectivity index (χ3v) is 7.37. The highest BCUT2D eigenvalue weighted by Crippen LogP contribution is 2.31. The molecule has 0 saturated heterocycles. The second kappa shape index (κ2) is 9.01. The zero-order chi connectivity index (χ0) is 22.7. The lowest BCUT2D eigenvalue weighted by Gasteiger charge is -2.20. The largest absolute Gasteiger partial charge is 0.497 e. The van der Waals surface area contributed by atoms with E-state index in [0.29, 0.717) is 10.4 Å². The number of ether oxygens (including phenoxy) is 1. The zero-order valence-corrected chi connectivity index (χ0v) is 18.6. The van der Waals surface area contributed by atoms with Gasteiger partial charge < -0.3 is 4.74 Å². The average Bonchev–Trinajstić information content (AvgIpc) is 3.23. The summed E-state index contributed by atoms with van der Waals surface area (Å²) in [4.78, 5) is 22.7. The van der Waals surface area contributed by atoms with Crippen molar-refractivity contribution in [3.8, 4) is 5.75 Å². The van der Waals surface area contributed by atoms with Crippen LogP contribution < -0.4 is 9.64 Å². The van der Waals surface area contributed by atoms with Gasteiger partial charge in [-0.2, -0.15) is 0 Å². The Balaban J connectivity index is 1.68. The number of halogens is 1. The third kappa shape index (κ3) is 4.61. The quantitative estimate of drug-likeness (QED) is 0.407. The fourth-order valence-corrected chi connectivity index (χ4v) is 5.25. The van der Waals surface area contributed by atoms with Crippen LogP contribution in [0.3, 0.4) is 0 Å². The molecule has 0 saturated carbocycles. The van der Waals surface area contributed by atoms with Crippen LogP contribution in [0.25, 0.3) is 10.2 Å². The van der Waals surface area contributed by atoms with E-state index in [1.54, 1.807) is 36.7 Å². The van der Waals surface area contributed by atoms with Crippen molar-refractivity contribution in [3.05, 3.63) is 78.4 Å². The number of para-hydroxylation sites is 1. The molecule has 0 atom stereocenters. The number of pyridine rings is 1. The molecular formula is C22H18FN3O4S2. The number of aromatic nitrogens is 2. The highest BCUT2D eigenvalue weighted by molar-refractivity contribution is 7.92. The summed E-state index contributed by atoms with van der Waals surface area (Å²) >= 11 is 1.12. The molecule has 4 aromatic rings. The summed E-state index contributed by atoms with van der Waals surface area (Å²) in [5.41, 5.74) is 0.868. The first-order chi connectivity index (χ1) is 15.4. The van der Waals surface area contributed by atoms with E-state index in [1.165, 1.54) is 42.3 Å². The molecule has 4 rings (SSSR count). The number of hydrogen-bond acceptors (Lipinski definition) is 7. The predicted molar refractivity (Wildman–Crippen MR) is 120 cm³/mol. The van der Waals surface area contributed by atoms with Gasteiger partial charge in [-0.1, -0.05) is 17.4 Å². The second-order valence-electron chi connectivity index (χ2n) is 6.85. The summed E-state index contributed by atoms with van der Waals surface area (Å²) in [5.74, 6) is -1.43. The SMILES string of the molecule is COc1ccc(S(=O)(=O)CC(=O)N(Cc2ccncc2)c2nc3c(F)cccc3s2)cc1. The highest BCUT2D eigenvalue weighted by Gasteiger charge is 2.27. The molecule has 0 aliphatic rings. The summed E-state index contributed by atoms with van der Waals surface area (Å²) in [5, 5.41) is 0.219. The molecule has 0 radical (unpaired) electrons. The molecule has 0 bridgehead atoms. The van der Waals surface area contributed by atoms with Crippen LogP contribution in [0.1, 0.15) is 5.56 Å². The molecule has 0 spiro atoms. The number of carbonyl (C=O) groups is 1. The minimum Gasteiger partial charge on any atom is -0.497 e. The maximum Gasteiger partial charge on any atom is 0.244 e. The minimum atomic E-state index is -3.92. The zero-order valence-electron chi connectivity index (χ0n) is 16.9. The molecule has 0 fully saturated rings. The van der Waals surface area contributed by atoms with Crippen LogP contribution in [0.4, 0.5) is 9.52 Å². The maximum absolute atomic E-state index is 14.2. The molecule has 0 unspecified atom stereocenters. The topological polar surface area (TPSA) is 89.5 Å². The van der Waals surface area contributed by atoms with E-state index in [1.807, 2.05) is 0 Å². The normalized spacial score (nSPS) is 11.4. The first-order valence-corrected chi connectivity index (χ1v) is 12.0. The molecule has 0 N–H and O–H groups in total. The van der Waals surface area contributed by atoms with Crippen molar-refractivity contribution in [2.24, 2.45) is 0 Å². The lowest BCUT2D eigenvalue weighted by molar-refractivity contribution is -0.116.